The van der Waals surface area contributed by atoms with Crippen molar-refractivity contribution in [3.63, 3.8) is 0 Å². The smallest absolute Gasteiger partial charge is 0.279 e. The van der Waals surface area contributed by atoms with E-state index >= 15 is 0 Å². The topological polar surface area (TPSA) is 109 Å². The average molecular weight is 532 g/mol. The number of hydrogen-bond donors (Lipinski definition) is 1. The van der Waals surface area contributed by atoms with Gasteiger partial charge in [0.1, 0.15) is 17.7 Å². The molecule has 1 unspecified atom stereocenters. The van der Waals surface area contributed by atoms with Crippen LogP contribution in [0.2, 0.25) is 5.02 Å². The number of nitriles is 1. The Morgan fingerprint density at radius 3 is 2.53 bits per heavy atom. The SMILES string of the molecule is CNc1ncc(-c2nc3c(n2C(C)C)C(c2ccc(C#N)cc2)N(c2ccc(F)c(Cl)c2)C3=O)c(OC)n1. The van der Waals surface area contributed by atoms with Crippen molar-refractivity contribution in [2.75, 3.05) is 24.4 Å². The summed E-state index contributed by atoms with van der Waals surface area (Å²) in [6.45, 7) is 3.97. The van der Waals surface area contributed by atoms with Crippen molar-refractivity contribution in [3.8, 4) is 23.3 Å². The predicted molar refractivity (Wildman–Crippen MR) is 141 cm³/mol. The van der Waals surface area contributed by atoms with Crippen molar-refractivity contribution in [1.82, 2.24) is 19.5 Å². The third kappa shape index (κ3) is 4.01. The van der Waals surface area contributed by atoms with Gasteiger partial charge < -0.3 is 14.6 Å². The molecule has 1 amide bonds. The number of imidazole rings is 1. The maximum atomic E-state index is 14.0. The number of halogens is 2. The Hall–Kier alpha value is -4.49. The molecule has 5 rings (SSSR count). The quantitative estimate of drug-likeness (QED) is 0.355. The lowest BCUT2D eigenvalue weighted by atomic mass is 10.0. The molecule has 192 valence electrons. The predicted octanol–water partition coefficient (Wildman–Crippen LogP) is 5.39. The lowest BCUT2D eigenvalue weighted by molar-refractivity contribution is 0.0989. The summed E-state index contributed by atoms with van der Waals surface area (Å²) in [7, 11) is 3.21. The minimum Gasteiger partial charge on any atom is -0.480 e. The number of fused-ring (bicyclic) bond motifs is 1. The Morgan fingerprint density at radius 1 is 1.18 bits per heavy atom. The van der Waals surface area contributed by atoms with Crippen molar-refractivity contribution in [2.45, 2.75) is 25.9 Å². The Balaban J connectivity index is 1.77. The molecule has 1 atom stereocenters. The summed E-state index contributed by atoms with van der Waals surface area (Å²) in [6.07, 6.45) is 1.60. The van der Waals surface area contributed by atoms with Crippen molar-refractivity contribution < 1.29 is 13.9 Å². The van der Waals surface area contributed by atoms with Crippen molar-refractivity contribution in [1.29, 1.82) is 5.26 Å². The first-order chi connectivity index (χ1) is 18.3. The second kappa shape index (κ2) is 9.76. The molecule has 1 aliphatic heterocycles. The Kier molecular flexibility index (Phi) is 6.46. The van der Waals surface area contributed by atoms with Gasteiger partial charge in [0.25, 0.3) is 5.91 Å². The number of nitrogens with zero attached hydrogens (tertiary/aromatic N) is 6. The van der Waals surface area contributed by atoms with E-state index in [0.717, 1.165) is 5.56 Å². The highest BCUT2D eigenvalue weighted by molar-refractivity contribution is 6.31. The van der Waals surface area contributed by atoms with Gasteiger partial charge in [-0.25, -0.2) is 14.4 Å². The van der Waals surface area contributed by atoms with Crippen LogP contribution in [-0.4, -0.2) is 39.6 Å². The lowest BCUT2D eigenvalue weighted by Gasteiger charge is -2.28. The van der Waals surface area contributed by atoms with Crippen molar-refractivity contribution in [2.24, 2.45) is 0 Å². The fraction of sp³-hybridized carbons (Fsp3) is 0.222. The molecule has 38 heavy (non-hydrogen) atoms. The summed E-state index contributed by atoms with van der Waals surface area (Å²) in [4.78, 5) is 29.0. The van der Waals surface area contributed by atoms with Gasteiger partial charge in [0.15, 0.2) is 5.69 Å². The first kappa shape index (κ1) is 25.2. The zero-order chi connectivity index (χ0) is 27.1. The summed E-state index contributed by atoms with van der Waals surface area (Å²) in [5.74, 6) is 0.211. The highest BCUT2D eigenvalue weighted by atomic mass is 35.5. The van der Waals surface area contributed by atoms with E-state index in [9.17, 15) is 14.4 Å². The highest BCUT2D eigenvalue weighted by Crippen LogP contribution is 2.45. The van der Waals surface area contributed by atoms with E-state index in [-0.39, 0.29) is 22.7 Å². The molecule has 0 radical (unpaired) electrons. The molecule has 0 saturated carbocycles. The fourth-order valence-corrected chi connectivity index (χ4v) is 4.85. The van der Waals surface area contributed by atoms with Gasteiger partial charge in [0.2, 0.25) is 11.8 Å². The number of hydrogen-bond acceptors (Lipinski definition) is 7. The number of carbonyl (C=O) groups excluding carboxylic acids is 1. The number of rotatable bonds is 6. The number of benzene rings is 2. The standard InChI is InChI=1S/C27H23ClFN7O2/c1-14(2)35-23-21(33-24(35)18-13-32-27(31-3)34-25(18)38-4)26(37)36(17-9-10-20(29)19(28)11-17)22(23)16-7-5-15(12-30)6-8-16/h5-11,13-14,22H,1-4H3,(H,31,32,34). The van der Waals surface area contributed by atoms with Crippen molar-refractivity contribution >= 4 is 29.1 Å². The molecule has 0 aliphatic carbocycles. The number of nitrogens with one attached hydrogen (secondary N) is 1. The van der Waals surface area contributed by atoms with Crippen LogP contribution in [0, 0.1) is 17.1 Å². The summed E-state index contributed by atoms with van der Waals surface area (Å²) >= 11 is 6.10. The molecule has 0 spiro atoms. The second-order valence-corrected chi connectivity index (χ2v) is 9.32. The summed E-state index contributed by atoms with van der Waals surface area (Å²) in [6, 6.07) is 12.5. The number of amides is 1. The minimum atomic E-state index is -0.626. The fourth-order valence-electron chi connectivity index (χ4n) is 4.67. The van der Waals surface area contributed by atoms with Gasteiger partial charge in [0, 0.05) is 25.0 Å². The Morgan fingerprint density at radius 2 is 1.92 bits per heavy atom. The molecule has 0 fully saturated rings. The van der Waals surface area contributed by atoms with E-state index in [2.05, 4.69) is 21.4 Å². The van der Waals surface area contributed by atoms with E-state index in [4.69, 9.17) is 21.3 Å². The molecule has 0 bridgehead atoms. The maximum Gasteiger partial charge on any atom is 0.279 e. The highest BCUT2D eigenvalue weighted by Gasteiger charge is 2.45. The molecule has 1 N–H and O–H groups in total. The van der Waals surface area contributed by atoms with Crippen LogP contribution in [0.25, 0.3) is 11.4 Å². The minimum absolute atomic E-state index is 0.0997. The van der Waals surface area contributed by atoms with Crippen LogP contribution in [0.15, 0.2) is 48.7 Å². The monoisotopic (exact) mass is 531 g/mol. The molecule has 2 aromatic carbocycles. The average Bonchev–Trinajstić information content (AvgIpc) is 3.45. The van der Waals surface area contributed by atoms with Crippen LogP contribution in [0.4, 0.5) is 16.0 Å². The van der Waals surface area contributed by atoms with Gasteiger partial charge in [-0.3, -0.25) is 9.69 Å². The van der Waals surface area contributed by atoms with E-state index < -0.39 is 11.9 Å². The van der Waals surface area contributed by atoms with Crippen LogP contribution < -0.4 is 15.0 Å². The van der Waals surface area contributed by atoms with Crippen molar-refractivity contribution in [3.05, 3.63) is 82.0 Å². The van der Waals surface area contributed by atoms with Crippen LogP contribution in [0.1, 0.15) is 53.2 Å². The third-order valence-electron chi connectivity index (χ3n) is 6.35. The van der Waals surface area contributed by atoms with Crippen LogP contribution in [0.5, 0.6) is 5.88 Å². The van der Waals surface area contributed by atoms with Gasteiger partial charge in [-0.2, -0.15) is 10.2 Å². The summed E-state index contributed by atoms with van der Waals surface area (Å²) in [5, 5.41) is 12.1. The zero-order valence-electron chi connectivity index (χ0n) is 21.0. The first-order valence-corrected chi connectivity index (χ1v) is 12.2. The van der Waals surface area contributed by atoms with E-state index in [1.165, 1.54) is 25.3 Å². The van der Waals surface area contributed by atoms with Gasteiger partial charge in [0.05, 0.1) is 35.0 Å². The number of anilines is 2. The molecule has 0 saturated heterocycles. The van der Waals surface area contributed by atoms with E-state index in [1.807, 2.05) is 18.4 Å². The summed E-state index contributed by atoms with van der Waals surface area (Å²) < 4.78 is 21.5. The molecular weight excluding hydrogens is 509 g/mol. The van der Waals surface area contributed by atoms with E-state index in [1.54, 1.807) is 42.4 Å². The number of methoxy groups -OCH3 is 1. The van der Waals surface area contributed by atoms with Gasteiger partial charge in [-0.1, -0.05) is 23.7 Å². The molecule has 4 aromatic rings. The number of ether oxygens (including phenoxy) is 1. The third-order valence-corrected chi connectivity index (χ3v) is 6.64. The molecule has 1 aliphatic rings. The normalized spacial score (nSPS) is 14.5. The molecule has 11 heteroatoms. The largest absolute Gasteiger partial charge is 0.480 e. The van der Waals surface area contributed by atoms with Gasteiger partial charge in [-0.05, 0) is 49.7 Å². The van der Waals surface area contributed by atoms with Crippen LogP contribution in [-0.2, 0) is 0 Å². The van der Waals surface area contributed by atoms with E-state index in [0.29, 0.717) is 40.2 Å². The van der Waals surface area contributed by atoms with Gasteiger partial charge >= 0.3 is 0 Å². The van der Waals surface area contributed by atoms with Crippen LogP contribution in [0.3, 0.4) is 0 Å². The molecule has 3 heterocycles. The van der Waals surface area contributed by atoms with Gasteiger partial charge in [-0.15, -0.1) is 0 Å². The number of aromatic nitrogens is 4. The lowest BCUT2D eigenvalue weighted by Crippen LogP contribution is -2.30. The summed E-state index contributed by atoms with van der Waals surface area (Å²) in [5.41, 5.74) is 3.06. The maximum absolute atomic E-state index is 14.0. The molecule has 2 aromatic heterocycles. The second-order valence-electron chi connectivity index (χ2n) is 8.91. The Labute approximate surface area is 223 Å². The zero-order valence-corrected chi connectivity index (χ0v) is 21.8. The molecule has 9 nitrogen and oxygen atoms in total. The molecular formula is C27H23ClFN7O2. The number of carbonyl (C=O) groups is 1. The van der Waals surface area contributed by atoms with Crippen LogP contribution >= 0.6 is 11.6 Å². The Bertz CT molecular complexity index is 1590. The first-order valence-electron chi connectivity index (χ1n) is 11.8.